The standard InChI is InChI=1S/C46H66N3O5/c1-3-4-7-12-34-17-18-37(43(51)26-34)15-10-6-11-16-41(45(52)53)42(50)19-21-46(54)30-36(24-35-20-22-48-44(47)27-35)25-39(46)29-40-28-38(31-49-40)32(2)23-33-13-8-5-9-14-33/h5,8-9,13-14,17-18,20,22,27-28,31-32,34,36-37,39,41-43,50-51,54H,3-4,6-7,10-12,15-16,19,21,23-26,29-30H2,1-2H3,(H2,47,48)(H,52,53)/q-1/t32-,34-,36-,37-,39+,41+,42-,43-,46+/m1/s1. The quantitative estimate of drug-likeness (QED) is 0.0509. The number of pyridine rings is 1. The number of benzene rings is 1. The average Bonchev–Trinajstić information content (AvgIpc) is 3.74. The number of allylic oxidation sites excluding steroid dienone is 1. The topological polar surface area (TPSA) is 151 Å². The van der Waals surface area contributed by atoms with Gasteiger partial charge in [0.1, 0.15) is 5.82 Å². The summed E-state index contributed by atoms with van der Waals surface area (Å²) in [7, 11) is 0. The normalized spacial score (nSPS) is 25.8. The van der Waals surface area contributed by atoms with Crippen molar-refractivity contribution in [2.75, 3.05) is 5.73 Å². The van der Waals surface area contributed by atoms with Gasteiger partial charge in [-0.2, -0.15) is 11.9 Å². The van der Waals surface area contributed by atoms with E-state index in [-0.39, 0.29) is 30.3 Å². The van der Waals surface area contributed by atoms with Gasteiger partial charge in [-0.25, -0.2) is 4.98 Å². The Kier molecular flexibility index (Phi) is 15.8. The van der Waals surface area contributed by atoms with Crippen molar-refractivity contribution in [2.24, 2.45) is 29.6 Å². The zero-order valence-corrected chi connectivity index (χ0v) is 32.7. The number of carboxylic acid groups (broad SMARTS) is 1. The Morgan fingerprint density at radius 1 is 0.981 bits per heavy atom. The molecular weight excluding hydrogens is 675 g/mol. The van der Waals surface area contributed by atoms with Crippen LogP contribution in [0.3, 0.4) is 0 Å². The summed E-state index contributed by atoms with van der Waals surface area (Å²) < 4.78 is 0. The molecule has 0 spiro atoms. The molecule has 0 aliphatic heterocycles. The number of anilines is 1. The number of aromatic nitrogens is 2. The van der Waals surface area contributed by atoms with Crippen molar-refractivity contribution in [3.8, 4) is 0 Å². The van der Waals surface area contributed by atoms with Gasteiger partial charge >= 0.3 is 5.97 Å². The van der Waals surface area contributed by atoms with E-state index >= 15 is 0 Å². The van der Waals surface area contributed by atoms with E-state index in [4.69, 9.17) is 10.7 Å². The molecule has 0 saturated heterocycles. The highest BCUT2D eigenvalue weighted by atomic mass is 16.4. The summed E-state index contributed by atoms with van der Waals surface area (Å²) in [5.74, 6) is -0.280. The van der Waals surface area contributed by atoms with Gasteiger partial charge in [-0.15, -0.1) is 0 Å². The fourth-order valence-corrected chi connectivity index (χ4v) is 9.36. The minimum Gasteiger partial charge on any atom is -0.667 e. The number of aliphatic carboxylic acids is 1. The van der Waals surface area contributed by atoms with Crippen LogP contribution in [-0.4, -0.2) is 49.2 Å². The number of nitrogens with two attached hydrogens (primary N) is 1. The molecule has 0 radical (unpaired) electrons. The van der Waals surface area contributed by atoms with E-state index in [2.05, 4.69) is 61.3 Å². The van der Waals surface area contributed by atoms with Gasteiger partial charge in [-0.05, 0) is 118 Å². The molecule has 54 heavy (non-hydrogen) atoms. The van der Waals surface area contributed by atoms with Crippen LogP contribution in [0, 0.1) is 29.6 Å². The van der Waals surface area contributed by atoms with Gasteiger partial charge in [-0.3, -0.25) is 4.79 Å². The van der Waals surface area contributed by atoms with Gasteiger partial charge in [0.2, 0.25) is 0 Å². The van der Waals surface area contributed by atoms with Crippen LogP contribution in [0.2, 0.25) is 0 Å². The molecule has 5 rings (SSSR count). The average molecular weight is 741 g/mol. The van der Waals surface area contributed by atoms with Crippen molar-refractivity contribution >= 4 is 11.8 Å². The van der Waals surface area contributed by atoms with Crippen LogP contribution in [0.15, 0.2) is 73.1 Å². The zero-order valence-electron chi connectivity index (χ0n) is 32.7. The number of hydrogen-bond donors (Lipinski definition) is 5. The fourth-order valence-electron chi connectivity index (χ4n) is 9.36. The highest BCUT2D eigenvalue weighted by Gasteiger charge is 2.45. The van der Waals surface area contributed by atoms with Crippen LogP contribution in [0.1, 0.15) is 132 Å². The number of carbonyl (C=O) groups is 1. The summed E-state index contributed by atoms with van der Waals surface area (Å²) in [6.45, 7) is 4.43. The summed E-state index contributed by atoms with van der Waals surface area (Å²) in [4.78, 5) is 21.3. The third kappa shape index (κ3) is 12.3. The Labute approximate surface area is 323 Å². The van der Waals surface area contributed by atoms with Gasteiger partial charge in [-0.1, -0.05) is 106 Å². The fraction of sp³-hybridized carbons (Fsp3) is 0.609. The molecule has 0 bridgehead atoms. The predicted molar refractivity (Wildman–Crippen MR) is 216 cm³/mol. The minimum absolute atomic E-state index is 0.0693. The van der Waals surface area contributed by atoms with Crippen LogP contribution < -0.4 is 10.7 Å². The molecule has 296 valence electrons. The summed E-state index contributed by atoms with van der Waals surface area (Å²) in [5, 5.41) is 44.4. The Hall–Kier alpha value is -3.46. The van der Waals surface area contributed by atoms with Gasteiger partial charge < -0.3 is 31.1 Å². The van der Waals surface area contributed by atoms with Crippen LogP contribution in [0.25, 0.3) is 0 Å². The number of aliphatic hydroxyl groups is 3. The summed E-state index contributed by atoms with van der Waals surface area (Å²) in [5.41, 5.74) is 9.47. The van der Waals surface area contributed by atoms with Gasteiger partial charge in [0, 0.05) is 12.1 Å². The van der Waals surface area contributed by atoms with Crippen molar-refractivity contribution in [3.05, 3.63) is 95.5 Å². The lowest BCUT2D eigenvalue weighted by molar-refractivity contribution is -0.146. The number of carboxylic acids is 1. The first-order chi connectivity index (χ1) is 26.0. The van der Waals surface area contributed by atoms with Gasteiger partial charge in [0.15, 0.2) is 0 Å². The molecule has 0 amide bonds. The number of hydrogen-bond acceptors (Lipinski definition) is 6. The zero-order chi connectivity index (χ0) is 38.5. The first-order valence-corrected chi connectivity index (χ1v) is 20.9. The van der Waals surface area contributed by atoms with E-state index in [0.29, 0.717) is 49.8 Å². The molecule has 9 atom stereocenters. The van der Waals surface area contributed by atoms with Crippen molar-refractivity contribution in [2.45, 2.75) is 147 Å². The highest BCUT2D eigenvalue weighted by Crippen LogP contribution is 2.46. The maximum Gasteiger partial charge on any atom is 0.309 e. The Morgan fingerprint density at radius 2 is 1.78 bits per heavy atom. The molecule has 2 aliphatic rings. The van der Waals surface area contributed by atoms with E-state index < -0.39 is 23.6 Å². The van der Waals surface area contributed by atoms with Crippen molar-refractivity contribution < 1.29 is 25.2 Å². The monoisotopic (exact) mass is 741 g/mol. The molecule has 8 nitrogen and oxygen atoms in total. The molecule has 6 N–H and O–H groups in total. The number of unbranched alkanes of at least 4 members (excludes halogenated alkanes) is 4. The van der Waals surface area contributed by atoms with Crippen molar-refractivity contribution in [1.82, 2.24) is 9.97 Å². The van der Waals surface area contributed by atoms with E-state index in [0.717, 1.165) is 62.6 Å². The van der Waals surface area contributed by atoms with Crippen LogP contribution in [0.5, 0.6) is 0 Å². The Balaban J connectivity index is 1.15. The van der Waals surface area contributed by atoms with E-state index in [9.17, 15) is 25.2 Å². The SMILES string of the molecule is CCCCC[C@@H]1C=C[C@@H](CCCCC[C@H](C(=O)O)[C@H](O)CC[C@]2(O)C[C@H](Cc3ccnc(N)c3)C[C@H]2Cc2cc([C@H](C)Cc3ccccc3)c[n-]2)[C@H](O)C1. The number of rotatable bonds is 22. The van der Waals surface area contributed by atoms with E-state index in [1.807, 2.05) is 24.4 Å². The molecule has 3 aromatic rings. The lowest BCUT2D eigenvalue weighted by Crippen LogP contribution is -2.37. The first-order valence-electron chi connectivity index (χ1n) is 20.9. The van der Waals surface area contributed by atoms with Crippen LogP contribution in [0.4, 0.5) is 5.82 Å². The van der Waals surface area contributed by atoms with E-state index in [1.54, 1.807) is 6.20 Å². The molecule has 8 heteroatoms. The van der Waals surface area contributed by atoms with Crippen LogP contribution >= 0.6 is 0 Å². The number of aliphatic hydroxyl groups excluding tert-OH is 2. The lowest BCUT2D eigenvalue weighted by atomic mass is 9.80. The molecule has 2 aliphatic carbocycles. The van der Waals surface area contributed by atoms with E-state index in [1.165, 1.54) is 30.4 Å². The second-order valence-electron chi connectivity index (χ2n) is 16.9. The highest BCUT2D eigenvalue weighted by molar-refractivity contribution is 5.70. The second-order valence-corrected chi connectivity index (χ2v) is 16.9. The van der Waals surface area contributed by atoms with Crippen molar-refractivity contribution in [3.63, 3.8) is 0 Å². The maximum atomic E-state index is 12.4. The summed E-state index contributed by atoms with van der Waals surface area (Å²) in [6.07, 6.45) is 20.5. The van der Waals surface area contributed by atoms with Gasteiger partial charge in [0.05, 0.1) is 23.7 Å². The van der Waals surface area contributed by atoms with Gasteiger partial charge in [0.25, 0.3) is 0 Å². The predicted octanol–water partition coefficient (Wildman–Crippen LogP) is 8.44. The molecule has 0 unspecified atom stereocenters. The molecule has 1 saturated carbocycles. The van der Waals surface area contributed by atoms with Crippen molar-refractivity contribution in [1.29, 1.82) is 0 Å². The third-order valence-electron chi connectivity index (χ3n) is 12.6. The number of nitrogen functional groups attached to an aromatic ring is 1. The third-order valence-corrected chi connectivity index (χ3v) is 12.6. The Bertz CT molecular complexity index is 1590. The molecular formula is C46H66N3O5-. The Morgan fingerprint density at radius 3 is 2.52 bits per heavy atom. The summed E-state index contributed by atoms with van der Waals surface area (Å²) in [6, 6.07) is 16.5. The maximum absolute atomic E-state index is 12.4. The number of nitrogens with zero attached hydrogens (tertiary/aromatic N) is 2. The summed E-state index contributed by atoms with van der Waals surface area (Å²) >= 11 is 0. The lowest BCUT2D eigenvalue weighted by Gasteiger charge is -2.33. The molecule has 1 aromatic carbocycles. The molecule has 2 aromatic heterocycles. The second kappa shape index (κ2) is 20.5. The minimum atomic E-state index is -1.05. The first kappa shape index (κ1) is 41.7. The van der Waals surface area contributed by atoms with Crippen LogP contribution in [-0.2, 0) is 24.1 Å². The smallest absolute Gasteiger partial charge is 0.309 e. The molecule has 1 fully saturated rings. The molecule has 2 heterocycles. The largest absolute Gasteiger partial charge is 0.667 e.